The van der Waals surface area contributed by atoms with Crippen molar-refractivity contribution in [3.63, 3.8) is 0 Å². The molecule has 0 aliphatic carbocycles. The van der Waals surface area contributed by atoms with E-state index in [1.807, 2.05) is 61.5 Å². The molecular formula is C23H33IN6O2. The molecule has 9 heteroatoms. The van der Waals surface area contributed by atoms with Crippen molar-refractivity contribution in [2.75, 3.05) is 64.1 Å². The minimum absolute atomic E-state index is 0. The van der Waals surface area contributed by atoms with Gasteiger partial charge in [-0.2, -0.15) is 0 Å². The zero-order valence-electron chi connectivity index (χ0n) is 18.9. The average Bonchev–Trinajstić information content (AvgIpc) is 2.75. The molecule has 0 aromatic heterocycles. The van der Waals surface area contributed by atoms with Gasteiger partial charge in [0.1, 0.15) is 5.75 Å². The molecule has 1 aliphatic heterocycles. The minimum atomic E-state index is -0.0340. The van der Waals surface area contributed by atoms with Crippen LogP contribution in [0.2, 0.25) is 0 Å². The quantitative estimate of drug-likeness (QED) is 0.290. The first-order valence-electron chi connectivity index (χ1n) is 10.5. The number of anilines is 2. The third-order valence-corrected chi connectivity index (χ3v) is 5.13. The number of amides is 1. The van der Waals surface area contributed by atoms with Crippen LogP contribution in [0, 0.1) is 0 Å². The average molecular weight is 552 g/mol. The number of piperazine rings is 1. The molecule has 1 amide bonds. The monoisotopic (exact) mass is 552 g/mol. The van der Waals surface area contributed by atoms with Gasteiger partial charge < -0.3 is 30.4 Å². The Bertz CT molecular complexity index is 913. The van der Waals surface area contributed by atoms with Crippen LogP contribution in [0.3, 0.4) is 0 Å². The largest absolute Gasteiger partial charge is 0.506 e. The highest BCUT2D eigenvalue weighted by molar-refractivity contribution is 14.0. The maximum atomic E-state index is 12.0. The van der Waals surface area contributed by atoms with Crippen LogP contribution in [0.25, 0.3) is 0 Å². The van der Waals surface area contributed by atoms with Crippen molar-refractivity contribution in [2.45, 2.75) is 6.54 Å². The van der Waals surface area contributed by atoms with Crippen molar-refractivity contribution in [2.24, 2.45) is 4.99 Å². The number of carbonyl (C=O) groups is 1. The van der Waals surface area contributed by atoms with Crippen molar-refractivity contribution in [1.82, 2.24) is 15.1 Å². The molecule has 0 saturated carbocycles. The van der Waals surface area contributed by atoms with E-state index >= 15 is 0 Å². The van der Waals surface area contributed by atoms with Gasteiger partial charge in [0, 0.05) is 45.5 Å². The summed E-state index contributed by atoms with van der Waals surface area (Å²) >= 11 is 0. The molecule has 3 N–H and O–H groups in total. The highest BCUT2D eigenvalue weighted by atomic mass is 127. The number of benzene rings is 2. The number of phenolic OH excluding ortho intramolecular Hbond substituents is 1. The zero-order chi connectivity index (χ0) is 22.2. The van der Waals surface area contributed by atoms with Gasteiger partial charge in [0.25, 0.3) is 0 Å². The standard InChI is InChI=1S/C23H32N6O2.HI/c1-24-23(29-13-11-28(12-14-29)20-9-4-5-10-21(20)30)25-16-18-7-6-8-19(15-18)26-22(31)17-27(2)3;/h4-10,15,30H,11-14,16-17H2,1-3H3,(H,24,25)(H,26,31);1H. The van der Waals surface area contributed by atoms with Gasteiger partial charge in [0.15, 0.2) is 5.96 Å². The maximum absolute atomic E-state index is 12.0. The Morgan fingerprint density at radius 2 is 1.81 bits per heavy atom. The summed E-state index contributed by atoms with van der Waals surface area (Å²) in [6.45, 7) is 4.21. The van der Waals surface area contributed by atoms with E-state index in [1.54, 1.807) is 13.1 Å². The van der Waals surface area contributed by atoms with Crippen LogP contribution in [0.15, 0.2) is 53.5 Å². The summed E-state index contributed by atoms with van der Waals surface area (Å²) in [5.41, 5.74) is 2.73. The van der Waals surface area contributed by atoms with Gasteiger partial charge in [-0.1, -0.05) is 24.3 Å². The van der Waals surface area contributed by atoms with Gasteiger partial charge in [-0.15, -0.1) is 24.0 Å². The first-order chi connectivity index (χ1) is 15.0. The highest BCUT2D eigenvalue weighted by Gasteiger charge is 2.21. The van der Waals surface area contributed by atoms with E-state index in [4.69, 9.17) is 0 Å². The third kappa shape index (κ3) is 7.27. The molecule has 0 bridgehead atoms. The first kappa shape index (κ1) is 25.7. The number of guanidine groups is 1. The molecule has 0 unspecified atom stereocenters. The fraction of sp³-hybridized carbons (Fsp3) is 0.391. The number of para-hydroxylation sites is 2. The van der Waals surface area contributed by atoms with Crippen molar-refractivity contribution in [1.29, 1.82) is 0 Å². The van der Waals surface area contributed by atoms with Crippen LogP contribution in [0.4, 0.5) is 11.4 Å². The fourth-order valence-corrected chi connectivity index (χ4v) is 3.65. The Balaban J connectivity index is 0.00000363. The predicted octanol–water partition coefficient (Wildman–Crippen LogP) is 2.41. The molecule has 32 heavy (non-hydrogen) atoms. The second-order valence-corrected chi connectivity index (χ2v) is 7.85. The number of hydrogen-bond donors (Lipinski definition) is 3. The first-order valence-corrected chi connectivity index (χ1v) is 10.5. The van der Waals surface area contributed by atoms with Crippen LogP contribution < -0.4 is 15.5 Å². The summed E-state index contributed by atoms with van der Waals surface area (Å²) in [6, 6.07) is 15.3. The van der Waals surface area contributed by atoms with Crippen LogP contribution in [-0.2, 0) is 11.3 Å². The number of likely N-dealkylation sites (N-methyl/N-ethyl adjacent to an activating group) is 1. The van der Waals surface area contributed by atoms with Crippen LogP contribution in [0.1, 0.15) is 5.56 Å². The lowest BCUT2D eigenvalue weighted by Crippen LogP contribution is -2.52. The van der Waals surface area contributed by atoms with Gasteiger partial charge in [-0.3, -0.25) is 9.79 Å². The van der Waals surface area contributed by atoms with Crippen molar-refractivity contribution < 1.29 is 9.90 Å². The lowest BCUT2D eigenvalue weighted by atomic mass is 10.2. The highest BCUT2D eigenvalue weighted by Crippen LogP contribution is 2.27. The molecular weight excluding hydrogens is 519 g/mol. The predicted molar refractivity (Wildman–Crippen MR) is 141 cm³/mol. The van der Waals surface area contributed by atoms with E-state index in [2.05, 4.69) is 25.4 Å². The minimum Gasteiger partial charge on any atom is -0.506 e. The Labute approximate surface area is 207 Å². The van der Waals surface area contributed by atoms with Crippen molar-refractivity contribution in [3.05, 3.63) is 54.1 Å². The van der Waals surface area contributed by atoms with Crippen molar-refractivity contribution >= 4 is 47.2 Å². The van der Waals surface area contributed by atoms with E-state index in [9.17, 15) is 9.90 Å². The lowest BCUT2D eigenvalue weighted by molar-refractivity contribution is -0.116. The zero-order valence-corrected chi connectivity index (χ0v) is 21.2. The summed E-state index contributed by atoms with van der Waals surface area (Å²) in [7, 11) is 5.53. The van der Waals surface area contributed by atoms with Gasteiger partial charge in [-0.05, 0) is 43.9 Å². The number of hydrogen-bond acceptors (Lipinski definition) is 5. The van der Waals surface area contributed by atoms with Gasteiger partial charge >= 0.3 is 0 Å². The lowest BCUT2D eigenvalue weighted by Gasteiger charge is -2.37. The van der Waals surface area contributed by atoms with E-state index < -0.39 is 0 Å². The molecule has 0 spiro atoms. The summed E-state index contributed by atoms with van der Waals surface area (Å²) in [5, 5.41) is 16.4. The summed E-state index contributed by atoms with van der Waals surface area (Å²) in [4.78, 5) is 22.7. The number of carbonyl (C=O) groups excluding carboxylic acids is 1. The molecule has 1 aliphatic rings. The van der Waals surface area contributed by atoms with E-state index in [0.717, 1.165) is 49.1 Å². The van der Waals surface area contributed by atoms with Gasteiger partial charge in [-0.25, -0.2) is 0 Å². The summed E-state index contributed by atoms with van der Waals surface area (Å²) in [6.07, 6.45) is 0. The SMILES string of the molecule is CN=C(NCc1cccc(NC(=O)CN(C)C)c1)N1CCN(c2ccccc2O)CC1.I. The molecule has 174 valence electrons. The molecule has 1 fully saturated rings. The second-order valence-electron chi connectivity index (χ2n) is 7.85. The summed E-state index contributed by atoms with van der Waals surface area (Å²) < 4.78 is 0. The van der Waals surface area contributed by atoms with Gasteiger partial charge in [0.05, 0.1) is 12.2 Å². The Morgan fingerprint density at radius 1 is 1.09 bits per heavy atom. The second kappa shape index (κ2) is 12.5. The molecule has 8 nitrogen and oxygen atoms in total. The normalized spacial score (nSPS) is 14.2. The number of halogens is 1. The van der Waals surface area contributed by atoms with Crippen molar-refractivity contribution in [3.8, 4) is 5.75 Å². The number of nitrogens with one attached hydrogen (secondary N) is 2. The molecule has 2 aromatic rings. The molecule has 3 rings (SSSR count). The number of nitrogens with zero attached hydrogens (tertiary/aromatic N) is 4. The smallest absolute Gasteiger partial charge is 0.238 e. The third-order valence-electron chi connectivity index (χ3n) is 5.13. The Hall–Kier alpha value is -2.53. The van der Waals surface area contributed by atoms with E-state index in [1.165, 1.54) is 0 Å². The number of aliphatic imine (C=N–C) groups is 1. The molecule has 1 saturated heterocycles. The molecule has 0 atom stereocenters. The number of phenols is 1. The van der Waals surface area contributed by atoms with Crippen LogP contribution >= 0.6 is 24.0 Å². The van der Waals surface area contributed by atoms with Crippen LogP contribution in [-0.4, -0.2) is 80.6 Å². The van der Waals surface area contributed by atoms with E-state index in [-0.39, 0.29) is 29.9 Å². The molecule has 1 heterocycles. The van der Waals surface area contributed by atoms with E-state index in [0.29, 0.717) is 18.8 Å². The van der Waals surface area contributed by atoms with Crippen LogP contribution in [0.5, 0.6) is 5.75 Å². The maximum Gasteiger partial charge on any atom is 0.238 e. The Kier molecular flexibility index (Phi) is 10.0. The summed E-state index contributed by atoms with van der Waals surface area (Å²) in [5.74, 6) is 1.13. The molecule has 0 radical (unpaired) electrons. The topological polar surface area (TPSA) is 83.4 Å². The fourth-order valence-electron chi connectivity index (χ4n) is 3.65. The van der Waals surface area contributed by atoms with Gasteiger partial charge in [0.2, 0.25) is 5.91 Å². The number of rotatable bonds is 6. The molecule has 2 aromatic carbocycles. The number of aromatic hydroxyl groups is 1. The Morgan fingerprint density at radius 3 is 2.47 bits per heavy atom.